The number of benzene rings is 3. The third kappa shape index (κ3) is 3.81. The van der Waals surface area contributed by atoms with Crippen molar-refractivity contribution in [1.82, 2.24) is 0 Å². The van der Waals surface area contributed by atoms with Crippen LogP contribution in [0.2, 0.25) is 0 Å². The van der Waals surface area contributed by atoms with Crippen molar-refractivity contribution in [2.24, 2.45) is 0 Å². The molecule has 0 heterocycles. The molecule has 28 heavy (non-hydrogen) atoms. The van der Waals surface area contributed by atoms with Crippen LogP contribution in [0.5, 0.6) is 0 Å². The van der Waals surface area contributed by atoms with Crippen molar-refractivity contribution in [2.75, 3.05) is 0 Å². The van der Waals surface area contributed by atoms with E-state index < -0.39 is 7.92 Å². The molecule has 3 aromatic rings. The molecule has 0 nitrogen and oxygen atoms in total. The van der Waals surface area contributed by atoms with E-state index in [2.05, 4.69) is 98.7 Å². The van der Waals surface area contributed by atoms with Crippen LogP contribution in [0.4, 0.5) is 0 Å². The van der Waals surface area contributed by atoms with Gasteiger partial charge in [-0.25, -0.2) is 0 Å². The minimum absolute atomic E-state index is 0.608. The number of hydrogen-bond donors (Lipinski definition) is 0. The van der Waals surface area contributed by atoms with E-state index >= 15 is 0 Å². The van der Waals surface area contributed by atoms with Gasteiger partial charge < -0.3 is 0 Å². The van der Waals surface area contributed by atoms with E-state index in [0.717, 1.165) is 0 Å². The molecule has 0 aliphatic carbocycles. The van der Waals surface area contributed by atoms with Gasteiger partial charge in [-0.3, -0.25) is 0 Å². The van der Waals surface area contributed by atoms with E-state index in [1.165, 1.54) is 66.0 Å². The molecule has 0 atom stereocenters. The normalized spacial score (nSPS) is 11.4. The van der Waals surface area contributed by atoms with Crippen LogP contribution in [-0.2, 0) is 0 Å². The Hall–Kier alpha value is -1.91. The van der Waals surface area contributed by atoms with Gasteiger partial charge in [-0.05, 0) is 120 Å². The van der Waals surface area contributed by atoms with E-state index in [1.807, 2.05) is 0 Å². The fraction of sp³-hybridized carbons (Fsp3) is 0.333. The quantitative estimate of drug-likeness (QED) is 0.467. The second-order valence-corrected chi connectivity index (χ2v) is 10.6. The van der Waals surface area contributed by atoms with Crippen LogP contribution >= 0.6 is 7.92 Å². The Kier molecular flexibility index (Phi) is 5.83. The standard InChI is InChI=1S/C27H33P/c1-16-10-19(4)25(20(5)11-16)28(26-21(6)12-17(2)13-22(26)7)27-23(8)14-18(3)15-24(27)9/h10-15H,1-9H3. The molecule has 0 saturated carbocycles. The lowest BCUT2D eigenvalue weighted by atomic mass is 10.1. The molecule has 0 spiro atoms. The predicted octanol–water partition coefficient (Wildman–Crippen LogP) is 6.22. The molecule has 3 aromatic carbocycles. The van der Waals surface area contributed by atoms with Gasteiger partial charge >= 0.3 is 0 Å². The van der Waals surface area contributed by atoms with Crippen LogP contribution in [0.25, 0.3) is 0 Å². The first kappa shape index (κ1) is 20.8. The van der Waals surface area contributed by atoms with Gasteiger partial charge in [0.15, 0.2) is 0 Å². The van der Waals surface area contributed by atoms with Crippen LogP contribution in [0, 0.1) is 62.3 Å². The van der Waals surface area contributed by atoms with Crippen LogP contribution < -0.4 is 15.9 Å². The number of rotatable bonds is 3. The maximum atomic E-state index is 2.36. The fourth-order valence-corrected chi connectivity index (χ4v) is 8.09. The van der Waals surface area contributed by atoms with E-state index in [1.54, 1.807) is 0 Å². The average molecular weight is 389 g/mol. The first-order valence-corrected chi connectivity index (χ1v) is 11.5. The SMILES string of the molecule is Cc1cc(C)c(P(c2c(C)cc(C)cc2C)c2c(C)cc(C)cc2C)c(C)c1. The third-order valence-electron chi connectivity index (χ3n) is 5.58. The first-order valence-electron chi connectivity index (χ1n) is 10.1. The van der Waals surface area contributed by atoms with Crippen molar-refractivity contribution in [3.8, 4) is 0 Å². The molecule has 0 radical (unpaired) electrons. The summed E-state index contributed by atoms with van der Waals surface area (Å²) in [6.07, 6.45) is 0. The van der Waals surface area contributed by atoms with Gasteiger partial charge in [0.1, 0.15) is 0 Å². The highest BCUT2D eigenvalue weighted by Gasteiger charge is 2.26. The van der Waals surface area contributed by atoms with Crippen LogP contribution in [0.3, 0.4) is 0 Å². The molecular weight excluding hydrogens is 355 g/mol. The monoisotopic (exact) mass is 388 g/mol. The van der Waals surface area contributed by atoms with Gasteiger partial charge in [0.05, 0.1) is 0 Å². The van der Waals surface area contributed by atoms with Crippen LogP contribution in [0.1, 0.15) is 50.1 Å². The molecule has 0 amide bonds. The molecule has 0 aromatic heterocycles. The Morgan fingerprint density at radius 1 is 0.357 bits per heavy atom. The molecule has 0 bridgehead atoms. The van der Waals surface area contributed by atoms with Crippen molar-refractivity contribution in [2.45, 2.75) is 62.3 Å². The molecule has 146 valence electrons. The van der Waals surface area contributed by atoms with Crippen molar-refractivity contribution in [1.29, 1.82) is 0 Å². The summed E-state index contributed by atoms with van der Waals surface area (Å²) in [5.41, 5.74) is 12.6. The molecule has 0 aliphatic heterocycles. The van der Waals surface area contributed by atoms with Crippen molar-refractivity contribution in [3.05, 3.63) is 86.5 Å². The molecular formula is C27H33P. The van der Waals surface area contributed by atoms with Gasteiger partial charge in [0, 0.05) is 0 Å². The lowest BCUT2D eigenvalue weighted by molar-refractivity contribution is 1.34. The summed E-state index contributed by atoms with van der Waals surface area (Å²) in [6, 6.07) is 14.1. The Labute approximate surface area is 172 Å². The van der Waals surface area contributed by atoms with Gasteiger partial charge in [-0.2, -0.15) is 0 Å². The highest BCUT2D eigenvalue weighted by Crippen LogP contribution is 2.40. The Balaban J connectivity index is 2.45. The Morgan fingerprint density at radius 3 is 0.714 bits per heavy atom. The zero-order chi connectivity index (χ0) is 20.7. The molecule has 1 heteroatoms. The van der Waals surface area contributed by atoms with Gasteiger partial charge in [0.2, 0.25) is 0 Å². The smallest absolute Gasteiger partial charge is 0.00921 e. The third-order valence-corrected chi connectivity index (χ3v) is 9.03. The molecule has 3 rings (SSSR count). The summed E-state index contributed by atoms with van der Waals surface area (Å²) in [5.74, 6) is 0. The maximum Gasteiger partial charge on any atom is -0.00921 e. The van der Waals surface area contributed by atoms with Crippen molar-refractivity contribution in [3.63, 3.8) is 0 Å². The van der Waals surface area contributed by atoms with Gasteiger partial charge in [-0.1, -0.05) is 53.1 Å². The second kappa shape index (κ2) is 7.84. The van der Waals surface area contributed by atoms with Gasteiger partial charge in [0.25, 0.3) is 0 Å². The lowest BCUT2D eigenvalue weighted by Gasteiger charge is -2.30. The van der Waals surface area contributed by atoms with E-state index in [9.17, 15) is 0 Å². The molecule has 0 N–H and O–H groups in total. The van der Waals surface area contributed by atoms with E-state index in [4.69, 9.17) is 0 Å². The lowest BCUT2D eigenvalue weighted by Crippen LogP contribution is -2.30. The highest BCUT2D eigenvalue weighted by molar-refractivity contribution is 7.80. The first-order chi connectivity index (χ1) is 13.1. The zero-order valence-corrected chi connectivity index (χ0v) is 19.8. The average Bonchev–Trinajstić information content (AvgIpc) is 2.51. The highest BCUT2D eigenvalue weighted by atomic mass is 31.1. The fourth-order valence-electron chi connectivity index (χ4n) is 4.91. The summed E-state index contributed by atoms with van der Waals surface area (Å²) in [5, 5.41) is 4.60. The summed E-state index contributed by atoms with van der Waals surface area (Å²) in [6.45, 7) is 20.4. The molecule has 0 aliphatic rings. The Morgan fingerprint density at radius 2 is 0.536 bits per heavy atom. The van der Waals surface area contributed by atoms with Crippen LogP contribution in [0.15, 0.2) is 36.4 Å². The maximum absolute atomic E-state index is 2.36. The molecule has 0 saturated heterocycles. The van der Waals surface area contributed by atoms with Gasteiger partial charge in [-0.15, -0.1) is 0 Å². The van der Waals surface area contributed by atoms with Crippen LogP contribution in [-0.4, -0.2) is 0 Å². The summed E-state index contributed by atoms with van der Waals surface area (Å²) in [7, 11) is -0.608. The second-order valence-electron chi connectivity index (χ2n) is 8.58. The minimum Gasteiger partial charge on any atom is -0.0557 e. The Bertz CT molecular complexity index is 850. The number of aryl methyl sites for hydroxylation is 9. The van der Waals surface area contributed by atoms with Crippen molar-refractivity contribution >= 4 is 23.8 Å². The molecule has 0 fully saturated rings. The zero-order valence-electron chi connectivity index (χ0n) is 18.9. The largest absolute Gasteiger partial charge is 0.0557 e. The molecule has 0 unspecified atom stereocenters. The van der Waals surface area contributed by atoms with E-state index in [0.29, 0.717) is 0 Å². The summed E-state index contributed by atoms with van der Waals surface area (Å²) in [4.78, 5) is 0. The van der Waals surface area contributed by atoms with E-state index in [-0.39, 0.29) is 0 Å². The van der Waals surface area contributed by atoms with Crippen molar-refractivity contribution < 1.29 is 0 Å². The minimum atomic E-state index is -0.608. The number of hydrogen-bond acceptors (Lipinski definition) is 0. The predicted molar refractivity (Wildman–Crippen MR) is 128 cm³/mol. The summed E-state index contributed by atoms with van der Waals surface area (Å²) < 4.78 is 0. The topological polar surface area (TPSA) is 0 Å². The summed E-state index contributed by atoms with van der Waals surface area (Å²) >= 11 is 0.